The van der Waals surface area contributed by atoms with E-state index in [4.69, 9.17) is 0 Å². The van der Waals surface area contributed by atoms with Crippen molar-refractivity contribution in [2.75, 3.05) is 0 Å². The highest BCUT2D eigenvalue weighted by atomic mass is 32.2. The Hall–Kier alpha value is -3.35. The molecular weight excluding hydrogens is 480 g/mol. The second kappa shape index (κ2) is 8.58. The summed E-state index contributed by atoms with van der Waals surface area (Å²) in [5.74, 6) is 0. The van der Waals surface area contributed by atoms with Crippen LogP contribution in [-0.4, -0.2) is 0 Å². The molecule has 0 saturated carbocycles. The first-order chi connectivity index (χ1) is 18.0. The molecule has 0 spiro atoms. The van der Waals surface area contributed by atoms with E-state index in [1.165, 1.54) is 70.1 Å². The molecule has 38 heavy (non-hydrogen) atoms. The summed E-state index contributed by atoms with van der Waals surface area (Å²) in [6.45, 7) is 13.4. The van der Waals surface area contributed by atoms with Crippen LogP contribution in [-0.2, 0) is 19.9 Å². The van der Waals surface area contributed by atoms with Gasteiger partial charge in [0.25, 0.3) is 0 Å². The van der Waals surface area contributed by atoms with Crippen molar-refractivity contribution in [3.8, 4) is 17.3 Å². The molecule has 0 unspecified atom stereocenters. The van der Waals surface area contributed by atoms with E-state index < -0.39 is 5.41 Å². The number of benzene rings is 4. The van der Waals surface area contributed by atoms with E-state index in [2.05, 4.69) is 106 Å². The van der Waals surface area contributed by atoms with Crippen LogP contribution in [0.1, 0.15) is 51.3 Å². The molecule has 0 fully saturated rings. The molecule has 0 N–H and O–H groups in total. The molecular formula is C35H35N2S+. The molecule has 4 aromatic carbocycles. The minimum absolute atomic E-state index is 0.173. The maximum Gasteiger partial charge on any atom is 0.222 e. The molecule has 0 atom stereocenters. The maximum atomic E-state index is 9.79. The quantitative estimate of drug-likeness (QED) is 0.174. The number of aryl methyl sites for hydroxylation is 2. The Morgan fingerprint density at radius 3 is 2.32 bits per heavy atom. The summed E-state index contributed by atoms with van der Waals surface area (Å²) in [5.41, 5.74) is 6.51. The van der Waals surface area contributed by atoms with E-state index in [9.17, 15) is 5.26 Å². The Morgan fingerprint density at radius 2 is 1.61 bits per heavy atom. The molecule has 5 aromatic rings. The van der Waals surface area contributed by atoms with Gasteiger partial charge in [-0.2, -0.15) is 5.26 Å². The molecule has 0 radical (unpaired) electrons. The molecule has 2 heterocycles. The zero-order valence-electron chi connectivity index (χ0n) is 23.5. The van der Waals surface area contributed by atoms with Gasteiger partial charge in [-0.15, -0.1) is 0 Å². The summed E-state index contributed by atoms with van der Waals surface area (Å²) in [4.78, 5) is 2.74. The number of nitriles is 1. The lowest BCUT2D eigenvalue weighted by Gasteiger charge is -2.28. The average molecular weight is 516 g/mol. The summed E-state index contributed by atoms with van der Waals surface area (Å²) in [6.07, 6.45) is 3.98. The fraction of sp³-hybridized carbons (Fsp3) is 0.314. The third kappa shape index (κ3) is 3.89. The highest BCUT2D eigenvalue weighted by Gasteiger charge is 2.33. The highest BCUT2D eigenvalue weighted by molar-refractivity contribution is 8.00. The van der Waals surface area contributed by atoms with Crippen LogP contribution >= 0.6 is 11.8 Å². The van der Waals surface area contributed by atoms with Crippen LogP contribution in [0.4, 0.5) is 0 Å². The summed E-state index contributed by atoms with van der Waals surface area (Å²) in [5, 5.41) is 17.7. The third-order valence-corrected chi connectivity index (χ3v) is 9.13. The predicted octanol–water partition coefficient (Wildman–Crippen LogP) is 9.09. The van der Waals surface area contributed by atoms with Crippen LogP contribution in [0.3, 0.4) is 0 Å². The molecule has 0 bridgehead atoms. The summed E-state index contributed by atoms with van der Waals surface area (Å²) < 4.78 is 2.32. The van der Waals surface area contributed by atoms with Crippen molar-refractivity contribution >= 4 is 44.1 Å². The zero-order chi connectivity index (χ0) is 27.0. The Morgan fingerprint density at radius 1 is 0.868 bits per heavy atom. The topological polar surface area (TPSA) is 27.7 Å². The monoisotopic (exact) mass is 515 g/mol. The number of nitrogens with zero attached hydrogens (tertiary/aromatic N) is 2. The lowest BCUT2D eigenvalue weighted by molar-refractivity contribution is -0.659. The van der Waals surface area contributed by atoms with Gasteiger partial charge in [0, 0.05) is 21.2 Å². The number of fused-ring (bicyclic) bond motifs is 5. The molecule has 6 rings (SSSR count). The number of pyridine rings is 1. The predicted molar refractivity (Wildman–Crippen MR) is 161 cm³/mol. The van der Waals surface area contributed by atoms with Crippen LogP contribution in [0.5, 0.6) is 0 Å². The van der Waals surface area contributed by atoms with Crippen molar-refractivity contribution in [1.82, 2.24) is 0 Å². The second-order valence-corrected chi connectivity index (χ2v) is 13.9. The number of rotatable bonds is 3. The molecule has 1 aromatic heterocycles. The van der Waals surface area contributed by atoms with E-state index in [-0.39, 0.29) is 5.41 Å². The van der Waals surface area contributed by atoms with Gasteiger partial charge in [0.1, 0.15) is 7.05 Å². The van der Waals surface area contributed by atoms with Crippen LogP contribution in [0.25, 0.3) is 43.6 Å². The van der Waals surface area contributed by atoms with Crippen molar-refractivity contribution in [3.63, 3.8) is 0 Å². The highest BCUT2D eigenvalue weighted by Crippen LogP contribution is 2.53. The molecule has 1 aliphatic rings. The first-order valence-corrected chi connectivity index (χ1v) is 14.3. The van der Waals surface area contributed by atoms with Crippen molar-refractivity contribution in [1.29, 1.82) is 5.26 Å². The maximum absolute atomic E-state index is 9.79. The van der Waals surface area contributed by atoms with Gasteiger partial charge >= 0.3 is 0 Å². The number of aromatic nitrogens is 1. The zero-order valence-corrected chi connectivity index (χ0v) is 24.3. The molecule has 1 aliphatic heterocycles. The lowest BCUT2D eigenvalue weighted by Crippen LogP contribution is -2.32. The molecule has 190 valence electrons. The van der Waals surface area contributed by atoms with E-state index in [1.807, 2.05) is 25.6 Å². The van der Waals surface area contributed by atoms with Crippen LogP contribution < -0.4 is 4.57 Å². The van der Waals surface area contributed by atoms with E-state index in [0.717, 1.165) is 12.8 Å². The van der Waals surface area contributed by atoms with Gasteiger partial charge in [-0.05, 0) is 83.3 Å². The Balaban J connectivity index is 1.76. The normalized spacial score (nSPS) is 13.2. The largest absolute Gasteiger partial charge is 0.222 e. The summed E-state index contributed by atoms with van der Waals surface area (Å²) in [7, 11) is 2.19. The number of hydrogen-bond acceptors (Lipinski definition) is 2. The minimum Gasteiger partial charge on any atom is -0.200 e. The molecule has 2 nitrogen and oxygen atoms in total. The van der Waals surface area contributed by atoms with E-state index in [1.54, 1.807) is 0 Å². The van der Waals surface area contributed by atoms with Gasteiger partial charge in [0.2, 0.25) is 5.69 Å². The second-order valence-electron chi connectivity index (χ2n) is 12.8. The minimum atomic E-state index is -0.419. The fourth-order valence-corrected chi connectivity index (χ4v) is 7.67. The summed E-state index contributed by atoms with van der Waals surface area (Å²) in [6, 6.07) is 22.7. The average Bonchev–Trinajstić information content (AvgIpc) is 2.87. The van der Waals surface area contributed by atoms with Gasteiger partial charge < -0.3 is 0 Å². The van der Waals surface area contributed by atoms with Crippen molar-refractivity contribution < 1.29 is 4.57 Å². The standard InChI is InChI=1S/C35H35N2S/c1-21-24-13-8-9-14-25(24)27(19-34(2,3)4)33-29(21)32-31-26(15-16-37(32)7)30-22(17-28(31)38-33)11-10-12-23(30)18-35(5,6)20-36/h8-17H,18-19H2,1-7H3/q+1. The van der Waals surface area contributed by atoms with Gasteiger partial charge in [-0.1, -0.05) is 75.0 Å². The smallest absolute Gasteiger partial charge is 0.200 e. The Labute approximate surface area is 230 Å². The van der Waals surface area contributed by atoms with Gasteiger partial charge in [-0.3, -0.25) is 0 Å². The first-order valence-electron chi connectivity index (χ1n) is 13.5. The van der Waals surface area contributed by atoms with Crippen molar-refractivity contribution in [2.45, 2.75) is 64.2 Å². The molecule has 0 aliphatic carbocycles. The Kier molecular flexibility index (Phi) is 5.64. The number of hydrogen-bond donors (Lipinski definition) is 0. The molecule has 0 saturated heterocycles. The molecule has 3 heteroatoms. The third-order valence-electron chi connectivity index (χ3n) is 7.93. The van der Waals surface area contributed by atoms with Crippen molar-refractivity contribution in [3.05, 3.63) is 77.5 Å². The van der Waals surface area contributed by atoms with Gasteiger partial charge in [0.05, 0.1) is 22.4 Å². The first kappa shape index (κ1) is 25.0. The van der Waals surface area contributed by atoms with Gasteiger partial charge in [0.15, 0.2) is 6.20 Å². The molecule has 0 amide bonds. The van der Waals surface area contributed by atoms with E-state index in [0.29, 0.717) is 0 Å². The van der Waals surface area contributed by atoms with Crippen LogP contribution in [0.15, 0.2) is 70.6 Å². The van der Waals surface area contributed by atoms with Crippen LogP contribution in [0, 0.1) is 29.1 Å². The van der Waals surface area contributed by atoms with Crippen LogP contribution in [0.2, 0.25) is 0 Å². The Bertz CT molecular complexity index is 1830. The van der Waals surface area contributed by atoms with E-state index >= 15 is 0 Å². The lowest BCUT2D eigenvalue weighted by atomic mass is 9.82. The SMILES string of the molecule is Cc1c2c(c(CC(C)(C)C)c3ccccc13)Sc1cc3cccc(CC(C)(C)C#N)c3c3cc[n+](C)c-2c13. The van der Waals surface area contributed by atoms with Gasteiger partial charge in [-0.25, -0.2) is 4.57 Å². The van der Waals surface area contributed by atoms with Crippen molar-refractivity contribution in [2.24, 2.45) is 17.9 Å². The summed E-state index contributed by atoms with van der Waals surface area (Å²) >= 11 is 1.95. The fourth-order valence-electron chi connectivity index (χ4n) is 6.30.